The van der Waals surface area contributed by atoms with Crippen LogP contribution < -0.4 is 10.6 Å². The number of nitrogens with zero attached hydrogens (tertiary/aromatic N) is 2. The topological polar surface area (TPSA) is 74.3 Å². The molecule has 2 rings (SSSR count). The van der Waals surface area contributed by atoms with E-state index in [4.69, 9.17) is 0 Å². The van der Waals surface area contributed by atoms with Crippen LogP contribution in [0.15, 0.2) is 6.07 Å². The van der Waals surface area contributed by atoms with Crippen molar-refractivity contribution in [2.75, 3.05) is 18.4 Å². The Morgan fingerprint density at radius 1 is 1.36 bits per heavy atom. The molecule has 1 aliphatic rings. The van der Waals surface area contributed by atoms with Crippen molar-refractivity contribution in [1.29, 1.82) is 0 Å². The fourth-order valence-electron chi connectivity index (χ4n) is 2.88. The van der Waals surface area contributed by atoms with Crippen molar-refractivity contribution in [2.45, 2.75) is 46.6 Å². The van der Waals surface area contributed by atoms with Crippen molar-refractivity contribution in [2.24, 2.45) is 0 Å². The number of amides is 3. The zero-order valence-electron chi connectivity index (χ0n) is 13.7. The molecule has 2 N–H and O–H groups in total. The van der Waals surface area contributed by atoms with E-state index < -0.39 is 0 Å². The molecular weight excluding hydrogens is 280 g/mol. The van der Waals surface area contributed by atoms with Gasteiger partial charge in [0.15, 0.2) is 0 Å². The molecule has 0 bridgehead atoms. The minimum Gasteiger partial charge on any atom is -0.341 e. The summed E-state index contributed by atoms with van der Waals surface area (Å²) < 4.78 is 0. The van der Waals surface area contributed by atoms with Crippen molar-refractivity contribution in [3.63, 3.8) is 0 Å². The van der Waals surface area contributed by atoms with E-state index in [9.17, 15) is 9.59 Å². The van der Waals surface area contributed by atoms with Crippen LogP contribution in [0.3, 0.4) is 0 Å². The Balaban J connectivity index is 1.93. The molecule has 120 valence electrons. The highest BCUT2D eigenvalue weighted by Gasteiger charge is 2.26. The average Bonchev–Trinajstić information content (AvgIpc) is 2.90. The smallest absolute Gasteiger partial charge is 0.319 e. The molecule has 2 heterocycles. The van der Waals surface area contributed by atoms with Crippen LogP contribution in [-0.2, 0) is 4.79 Å². The molecule has 3 amide bonds. The number of aromatic nitrogens is 1. The summed E-state index contributed by atoms with van der Waals surface area (Å²) in [7, 11) is 0. The van der Waals surface area contributed by atoms with Crippen molar-refractivity contribution in [1.82, 2.24) is 15.2 Å². The molecule has 1 atom stereocenters. The van der Waals surface area contributed by atoms with Gasteiger partial charge in [0.2, 0.25) is 5.91 Å². The zero-order valence-corrected chi connectivity index (χ0v) is 13.7. The van der Waals surface area contributed by atoms with Crippen LogP contribution in [0, 0.1) is 20.8 Å². The van der Waals surface area contributed by atoms with Gasteiger partial charge in [-0.05, 0) is 38.8 Å². The second kappa shape index (κ2) is 6.77. The van der Waals surface area contributed by atoms with Gasteiger partial charge in [0.25, 0.3) is 0 Å². The van der Waals surface area contributed by atoms with Gasteiger partial charge in [-0.2, -0.15) is 0 Å². The number of carbonyl (C=O) groups excluding carboxylic acids is 2. The number of carbonyl (C=O) groups is 2. The number of aryl methyl sites for hydroxylation is 3. The van der Waals surface area contributed by atoms with Gasteiger partial charge in [0.1, 0.15) is 0 Å². The summed E-state index contributed by atoms with van der Waals surface area (Å²) in [6.45, 7) is 8.92. The maximum atomic E-state index is 12.2. The van der Waals surface area contributed by atoms with Crippen LogP contribution in [0.1, 0.15) is 36.7 Å². The summed E-state index contributed by atoms with van der Waals surface area (Å²) in [5.41, 5.74) is 3.49. The predicted octanol–water partition coefficient (Wildman–Crippen LogP) is 2.14. The summed E-state index contributed by atoms with van der Waals surface area (Å²) in [5, 5.41) is 5.81. The van der Waals surface area contributed by atoms with Gasteiger partial charge in [-0.1, -0.05) is 6.92 Å². The molecule has 1 aromatic rings. The summed E-state index contributed by atoms with van der Waals surface area (Å²) in [4.78, 5) is 30.0. The van der Waals surface area contributed by atoms with Crippen molar-refractivity contribution in [3.8, 4) is 0 Å². The van der Waals surface area contributed by atoms with Crippen LogP contribution >= 0.6 is 0 Å². The maximum absolute atomic E-state index is 12.2. The van der Waals surface area contributed by atoms with Crippen LogP contribution in [0.25, 0.3) is 0 Å². The average molecular weight is 304 g/mol. The molecule has 0 radical (unpaired) electrons. The number of pyridine rings is 1. The molecule has 6 nitrogen and oxygen atoms in total. The van der Waals surface area contributed by atoms with Crippen molar-refractivity contribution in [3.05, 3.63) is 23.0 Å². The lowest BCUT2D eigenvalue weighted by molar-refractivity contribution is -0.129. The lowest BCUT2D eigenvalue weighted by Crippen LogP contribution is -2.40. The van der Waals surface area contributed by atoms with Crippen molar-refractivity contribution >= 4 is 17.6 Å². The number of hydrogen-bond acceptors (Lipinski definition) is 3. The Labute approximate surface area is 131 Å². The van der Waals surface area contributed by atoms with E-state index in [1.54, 1.807) is 4.90 Å². The van der Waals surface area contributed by atoms with Crippen LogP contribution in [0.4, 0.5) is 10.5 Å². The third-order valence-electron chi connectivity index (χ3n) is 3.94. The Hall–Kier alpha value is -2.11. The summed E-state index contributed by atoms with van der Waals surface area (Å²) in [6.07, 6.45) is 1.30. The first kappa shape index (κ1) is 16.3. The number of urea groups is 1. The van der Waals surface area contributed by atoms with Gasteiger partial charge in [-0.3, -0.25) is 9.78 Å². The van der Waals surface area contributed by atoms with Gasteiger partial charge in [-0.15, -0.1) is 0 Å². The highest BCUT2D eigenvalue weighted by Crippen LogP contribution is 2.19. The molecule has 0 spiro atoms. The second-order valence-electron chi connectivity index (χ2n) is 5.82. The molecular formula is C16H24N4O2. The molecule has 0 aliphatic carbocycles. The van der Waals surface area contributed by atoms with E-state index in [1.807, 2.05) is 33.8 Å². The Kier molecular flexibility index (Phi) is 5.00. The molecule has 6 heteroatoms. The zero-order chi connectivity index (χ0) is 16.3. The van der Waals surface area contributed by atoms with Crippen molar-refractivity contribution < 1.29 is 9.59 Å². The molecule has 22 heavy (non-hydrogen) atoms. The predicted molar refractivity (Wildman–Crippen MR) is 85.9 cm³/mol. The van der Waals surface area contributed by atoms with Gasteiger partial charge in [0, 0.05) is 31.2 Å². The van der Waals surface area contributed by atoms with E-state index in [0.717, 1.165) is 29.1 Å². The highest BCUT2D eigenvalue weighted by atomic mass is 16.2. The van der Waals surface area contributed by atoms with Crippen LogP contribution in [0.2, 0.25) is 0 Å². The molecule has 1 unspecified atom stereocenters. The van der Waals surface area contributed by atoms with E-state index in [2.05, 4.69) is 15.6 Å². The van der Waals surface area contributed by atoms with Gasteiger partial charge in [0.05, 0.1) is 11.4 Å². The van der Waals surface area contributed by atoms with E-state index >= 15 is 0 Å². The fourth-order valence-corrected chi connectivity index (χ4v) is 2.88. The van der Waals surface area contributed by atoms with Crippen LogP contribution in [0.5, 0.6) is 0 Å². The quantitative estimate of drug-likeness (QED) is 0.898. The Morgan fingerprint density at radius 3 is 2.73 bits per heavy atom. The first-order chi connectivity index (χ1) is 10.4. The molecule has 1 saturated heterocycles. The number of likely N-dealkylation sites (tertiary alicyclic amines) is 1. The lowest BCUT2D eigenvalue weighted by atomic mass is 10.1. The third-order valence-corrected chi connectivity index (χ3v) is 3.94. The second-order valence-corrected chi connectivity index (χ2v) is 5.82. The summed E-state index contributed by atoms with van der Waals surface area (Å²) >= 11 is 0. The third kappa shape index (κ3) is 3.75. The minimum absolute atomic E-state index is 0.00881. The normalized spacial score (nSPS) is 17.5. The molecule has 0 aromatic carbocycles. The van der Waals surface area contributed by atoms with Gasteiger partial charge >= 0.3 is 6.03 Å². The maximum Gasteiger partial charge on any atom is 0.319 e. The first-order valence-electron chi connectivity index (χ1n) is 7.70. The Bertz CT molecular complexity index is 563. The molecule has 1 fully saturated rings. The van der Waals surface area contributed by atoms with Crippen LogP contribution in [-0.4, -0.2) is 41.0 Å². The lowest BCUT2D eigenvalue weighted by Gasteiger charge is -2.17. The standard InChI is InChI=1S/C16H24N4O2/c1-5-14(21)20-7-6-13(9-20)18-16(22)19-15-10(2)8-11(3)17-12(15)4/h8,13H,5-7,9H2,1-4H3,(H2,18,19,22). The molecule has 1 aliphatic heterocycles. The SMILES string of the molecule is CCC(=O)N1CCC(NC(=O)Nc2c(C)cc(C)nc2C)C1. The first-order valence-corrected chi connectivity index (χ1v) is 7.70. The number of hydrogen-bond donors (Lipinski definition) is 2. The largest absolute Gasteiger partial charge is 0.341 e. The minimum atomic E-state index is -0.243. The highest BCUT2D eigenvalue weighted by molar-refractivity contribution is 5.91. The summed E-state index contributed by atoms with van der Waals surface area (Å²) in [6, 6.07) is 1.71. The number of nitrogens with one attached hydrogen (secondary N) is 2. The van der Waals surface area contributed by atoms with Gasteiger partial charge in [-0.25, -0.2) is 4.79 Å². The fraction of sp³-hybridized carbons (Fsp3) is 0.562. The molecule has 1 aromatic heterocycles. The molecule has 0 saturated carbocycles. The monoisotopic (exact) mass is 304 g/mol. The Morgan fingerprint density at radius 2 is 2.09 bits per heavy atom. The van der Waals surface area contributed by atoms with E-state index in [-0.39, 0.29) is 18.0 Å². The number of anilines is 1. The number of rotatable bonds is 3. The van der Waals surface area contributed by atoms with Gasteiger partial charge < -0.3 is 15.5 Å². The summed E-state index contributed by atoms with van der Waals surface area (Å²) in [5.74, 6) is 0.138. The van der Waals surface area contributed by atoms with E-state index in [1.165, 1.54) is 0 Å². The van der Waals surface area contributed by atoms with E-state index in [0.29, 0.717) is 19.5 Å².